The first kappa shape index (κ1) is 9.46. The quantitative estimate of drug-likeness (QED) is 0.771. The molecule has 1 aromatic heterocycles. The molecule has 82 valence electrons. The summed E-state index contributed by atoms with van der Waals surface area (Å²) in [4.78, 5) is 4.53. The van der Waals surface area contributed by atoms with Gasteiger partial charge >= 0.3 is 0 Å². The predicted octanol–water partition coefficient (Wildman–Crippen LogP) is 2.57. The molecule has 0 amide bonds. The van der Waals surface area contributed by atoms with Gasteiger partial charge in [0, 0.05) is 23.4 Å². The van der Waals surface area contributed by atoms with Crippen molar-refractivity contribution in [3.63, 3.8) is 0 Å². The molecule has 0 unspecified atom stereocenters. The Morgan fingerprint density at radius 3 is 3.06 bits per heavy atom. The van der Waals surface area contributed by atoms with Crippen LogP contribution in [-0.4, -0.2) is 18.2 Å². The lowest BCUT2D eigenvalue weighted by atomic mass is 10.1. The van der Waals surface area contributed by atoms with Crippen LogP contribution >= 0.6 is 0 Å². The highest BCUT2D eigenvalue weighted by Gasteiger charge is 2.16. The summed E-state index contributed by atoms with van der Waals surface area (Å²) in [6.45, 7) is 3.36. The Kier molecular flexibility index (Phi) is 2.17. The van der Waals surface area contributed by atoms with E-state index in [-0.39, 0.29) is 0 Å². The van der Waals surface area contributed by atoms with Crippen LogP contribution in [0.25, 0.3) is 10.9 Å². The molecule has 0 fully saturated rings. The van der Waals surface area contributed by atoms with Gasteiger partial charge in [-0.15, -0.1) is 0 Å². The zero-order valence-electron chi connectivity index (χ0n) is 9.19. The highest BCUT2D eigenvalue weighted by Crippen LogP contribution is 2.32. The Morgan fingerprint density at radius 1 is 1.31 bits per heavy atom. The summed E-state index contributed by atoms with van der Waals surface area (Å²) in [5.41, 5.74) is 2.22. The Balaban J connectivity index is 2.20. The van der Waals surface area contributed by atoms with Gasteiger partial charge in [-0.3, -0.25) is 0 Å². The van der Waals surface area contributed by atoms with Crippen LogP contribution in [0.5, 0.6) is 11.6 Å². The third-order valence-corrected chi connectivity index (χ3v) is 2.80. The third-order valence-electron chi connectivity index (χ3n) is 2.80. The Labute approximate surface area is 94.0 Å². The number of hydrogen-bond donors (Lipinski definition) is 0. The predicted molar refractivity (Wildman–Crippen MR) is 62.1 cm³/mol. The van der Waals surface area contributed by atoms with Crippen molar-refractivity contribution in [2.75, 3.05) is 13.2 Å². The van der Waals surface area contributed by atoms with Crippen molar-refractivity contribution in [1.29, 1.82) is 0 Å². The van der Waals surface area contributed by atoms with Gasteiger partial charge < -0.3 is 9.47 Å². The average molecular weight is 215 g/mol. The number of nitrogens with zero attached hydrogens (tertiary/aromatic N) is 1. The maximum atomic E-state index is 5.53. The van der Waals surface area contributed by atoms with Crippen molar-refractivity contribution in [3.8, 4) is 11.6 Å². The molecule has 3 nitrogen and oxygen atoms in total. The molecule has 0 radical (unpaired) electrons. The minimum absolute atomic E-state index is 0.643. The standard InChI is InChI=1S/C13H13NO2/c1-2-15-12-6-4-9-3-5-11-10(7-8-16-11)13(9)14-12/h3-6H,2,7-8H2,1H3. The van der Waals surface area contributed by atoms with Crippen LogP contribution in [0.4, 0.5) is 0 Å². The van der Waals surface area contributed by atoms with Gasteiger partial charge in [0.2, 0.25) is 5.88 Å². The van der Waals surface area contributed by atoms with E-state index in [2.05, 4.69) is 4.98 Å². The van der Waals surface area contributed by atoms with Gasteiger partial charge in [-0.05, 0) is 25.1 Å². The summed E-state index contributed by atoms with van der Waals surface area (Å²) in [5.74, 6) is 1.66. The molecule has 3 heteroatoms. The number of hydrogen-bond acceptors (Lipinski definition) is 3. The molecular formula is C13H13NO2. The molecule has 0 saturated heterocycles. The van der Waals surface area contributed by atoms with Gasteiger partial charge in [-0.2, -0.15) is 0 Å². The first-order valence-electron chi connectivity index (χ1n) is 5.56. The van der Waals surface area contributed by atoms with Crippen LogP contribution in [0.3, 0.4) is 0 Å². The molecule has 2 aromatic rings. The van der Waals surface area contributed by atoms with E-state index in [9.17, 15) is 0 Å². The number of rotatable bonds is 2. The zero-order valence-corrected chi connectivity index (χ0v) is 9.19. The molecule has 2 heterocycles. The number of fused-ring (bicyclic) bond motifs is 3. The smallest absolute Gasteiger partial charge is 0.213 e. The normalized spacial score (nSPS) is 13.6. The van der Waals surface area contributed by atoms with Crippen LogP contribution in [0, 0.1) is 0 Å². The van der Waals surface area contributed by atoms with E-state index in [0.717, 1.165) is 29.7 Å². The fraction of sp³-hybridized carbons (Fsp3) is 0.308. The molecule has 0 N–H and O–H groups in total. The van der Waals surface area contributed by atoms with Gasteiger partial charge in [0.05, 0.1) is 18.7 Å². The van der Waals surface area contributed by atoms with Crippen LogP contribution in [0.15, 0.2) is 24.3 Å². The van der Waals surface area contributed by atoms with E-state index < -0.39 is 0 Å². The molecule has 0 spiro atoms. The molecule has 1 aromatic carbocycles. The lowest BCUT2D eigenvalue weighted by molar-refractivity contribution is 0.328. The SMILES string of the molecule is CCOc1ccc2ccc3c(c2n1)CCO3. The number of ether oxygens (including phenoxy) is 2. The lowest BCUT2D eigenvalue weighted by Crippen LogP contribution is -1.95. The second-order valence-corrected chi connectivity index (χ2v) is 3.79. The van der Waals surface area contributed by atoms with Crippen molar-refractivity contribution < 1.29 is 9.47 Å². The summed E-state index contributed by atoms with van der Waals surface area (Å²) < 4.78 is 10.9. The van der Waals surface area contributed by atoms with Gasteiger partial charge in [-0.1, -0.05) is 0 Å². The minimum atomic E-state index is 0.643. The van der Waals surface area contributed by atoms with Gasteiger partial charge in [0.1, 0.15) is 5.75 Å². The monoisotopic (exact) mass is 215 g/mol. The second kappa shape index (κ2) is 3.67. The maximum absolute atomic E-state index is 5.53. The fourth-order valence-corrected chi connectivity index (χ4v) is 2.08. The molecule has 3 rings (SSSR count). The number of pyridine rings is 1. The van der Waals surface area contributed by atoms with E-state index in [0.29, 0.717) is 12.5 Å². The molecule has 16 heavy (non-hydrogen) atoms. The summed E-state index contributed by atoms with van der Waals surface area (Å²) in [6.07, 6.45) is 0.940. The third kappa shape index (κ3) is 1.40. The molecule has 0 bridgehead atoms. The Hall–Kier alpha value is -1.77. The van der Waals surface area contributed by atoms with E-state index in [1.54, 1.807) is 0 Å². The average Bonchev–Trinajstić information content (AvgIpc) is 2.78. The van der Waals surface area contributed by atoms with E-state index in [1.807, 2.05) is 31.2 Å². The molecule has 0 saturated carbocycles. The molecule has 0 atom stereocenters. The number of aromatic nitrogens is 1. The molecule has 1 aliphatic heterocycles. The first-order chi connectivity index (χ1) is 7.88. The van der Waals surface area contributed by atoms with Crippen molar-refractivity contribution in [1.82, 2.24) is 4.98 Å². The van der Waals surface area contributed by atoms with Crippen LogP contribution < -0.4 is 9.47 Å². The topological polar surface area (TPSA) is 31.4 Å². The highest BCUT2D eigenvalue weighted by atomic mass is 16.5. The second-order valence-electron chi connectivity index (χ2n) is 3.79. The maximum Gasteiger partial charge on any atom is 0.213 e. The van der Waals surface area contributed by atoms with Crippen molar-refractivity contribution >= 4 is 10.9 Å². The van der Waals surface area contributed by atoms with E-state index in [1.165, 1.54) is 5.56 Å². The van der Waals surface area contributed by atoms with Crippen LogP contribution in [0.1, 0.15) is 12.5 Å². The van der Waals surface area contributed by atoms with E-state index >= 15 is 0 Å². The van der Waals surface area contributed by atoms with Gasteiger partial charge in [0.15, 0.2) is 0 Å². The first-order valence-corrected chi connectivity index (χ1v) is 5.56. The van der Waals surface area contributed by atoms with Crippen molar-refractivity contribution in [2.45, 2.75) is 13.3 Å². The Bertz CT molecular complexity index is 537. The van der Waals surface area contributed by atoms with E-state index in [4.69, 9.17) is 9.47 Å². The number of benzene rings is 1. The van der Waals surface area contributed by atoms with Crippen molar-refractivity contribution in [2.24, 2.45) is 0 Å². The van der Waals surface area contributed by atoms with Crippen LogP contribution in [-0.2, 0) is 6.42 Å². The zero-order chi connectivity index (χ0) is 11.0. The summed E-state index contributed by atoms with van der Waals surface area (Å²) in [7, 11) is 0. The highest BCUT2D eigenvalue weighted by molar-refractivity contribution is 5.85. The largest absolute Gasteiger partial charge is 0.493 e. The summed E-state index contributed by atoms with van der Waals surface area (Å²) >= 11 is 0. The van der Waals surface area contributed by atoms with Crippen molar-refractivity contribution in [3.05, 3.63) is 29.8 Å². The Morgan fingerprint density at radius 2 is 2.19 bits per heavy atom. The minimum Gasteiger partial charge on any atom is -0.493 e. The lowest BCUT2D eigenvalue weighted by Gasteiger charge is -2.06. The van der Waals surface area contributed by atoms with Gasteiger partial charge in [0.25, 0.3) is 0 Å². The molecule has 0 aliphatic carbocycles. The summed E-state index contributed by atoms with van der Waals surface area (Å²) in [6, 6.07) is 8.02. The van der Waals surface area contributed by atoms with Crippen LogP contribution in [0.2, 0.25) is 0 Å². The van der Waals surface area contributed by atoms with Gasteiger partial charge in [-0.25, -0.2) is 4.98 Å². The molecular weight excluding hydrogens is 202 g/mol. The fourth-order valence-electron chi connectivity index (χ4n) is 2.08. The molecule has 1 aliphatic rings. The summed E-state index contributed by atoms with van der Waals surface area (Å²) in [5, 5.41) is 1.15.